The van der Waals surface area contributed by atoms with Gasteiger partial charge in [-0.2, -0.15) is 5.26 Å². The van der Waals surface area contributed by atoms with Gasteiger partial charge in [-0.1, -0.05) is 42.5 Å². The second kappa shape index (κ2) is 6.74. The van der Waals surface area contributed by atoms with Crippen molar-refractivity contribution in [2.24, 2.45) is 11.8 Å². The third-order valence-corrected chi connectivity index (χ3v) is 5.21. The van der Waals surface area contributed by atoms with Gasteiger partial charge in [0.2, 0.25) is 11.8 Å². The fourth-order valence-corrected chi connectivity index (χ4v) is 3.94. The fourth-order valence-electron chi connectivity index (χ4n) is 3.94. The molecule has 0 radical (unpaired) electrons. The molecule has 2 saturated heterocycles. The van der Waals surface area contributed by atoms with Crippen molar-refractivity contribution in [3.05, 3.63) is 71.3 Å². The Balaban J connectivity index is 1.45. The van der Waals surface area contributed by atoms with E-state index in [4.69, 9.17) is 5.26 Å². The molecule has 130 valence electrons. The number of fused-ring (bicyclic) bond motifs is 1. The summed E-state index contributed by atoms with van der Waals surface area (Å²) in [5, 5.41) is 9.01. The highest BCUT2D eigenvalue weighted by molar-refractivity contribution is 6.05. The van der Waals surface area contributed by atoms with Gasteiger partial charge < -0.3 is 0 Å². The highest BCUT2D eigenvalue weighted by atomic mass is 16.2. The molecule has 5 heteroatoms. The Kier molecular flexibility index (Phi) is 4.27. The lowest BCUT2D eigenvalue weighted by Gasteiger charge is -2.20. The molecule has 0 spiro atoms. The number of nitrogens with zero attached hydrogens (tertiary/aromatic N) is 3. The molecule has 2 heterocycles. The van der Waals surface area contributed by atoms with Crippen LogP contribution in [0.4, 0.5) is 0 Å². The molecule has 0 aromatic heterocycles. The first-order chi connectivity index (χ1) is 12.7. The van der Waals surface area contributed by atoms with Gasteiger partial charge in [0.15, 0.2) is 0 Å². The minimum atomic E-state index is -0.245. The van der Waals surface area contributed by atoms with Crippen molar-refractivity contribution in [2.45, 2.75) is 13.1 Å². The summed E-state index contributed by atoms with van der Waals surface area (Å²) in [6.45, 7) is 2.26. The fraction of sp³-hybridized carbons (Fsp3) is 0.286. The number of imide groups is 1. The lowest BCUT2D eigenvalue weighted by atomic mass is 10.00. The predicted octanol–water partition coefficient (Wildman–Crippen LogP) is 2.18. The maximum absolute atomic E-state index is 12.8. The minimum Gasteiger partial charge on any atom is -0.297 e. The number of benzene rings is 2. The van der Waals surface area contributed by atoms with E-state index in [0.717, 1.165) is 12.1 Å². The zero-order valence-electron chi connectivity index (χ0n) is 14.3. The number of carbonyl (C=O) groups is 2. The van der Waals surface area contributed by atoms with Gasteiger partial charge in [-0.3, -0.25) is 19.4 Å². The van der Waals surface area contributed by atoms with Crippen LogP contribution in [0.25, 0.3) is 0 Å². The van der Waals surface area contributed by atoms with E-state index in [9.17, 15) is 9.59 Å². The first kappa shape index (κ1) is 16.5. The summed E-state index contributed by atoms with van der Waals surface area (Å²) in [4.78, 5) is 29.1. The zero-order chi connectivity index (χ0) is 18.1. The number of hydrogen-bond acceptors (Lipinski definition) is 4. The van der Waals surface area contributed by atoms with Crippen molar-refractivity contribution in [3.8, 4) is 6.07 Å². The summed E-state index contributed by atoms with van der Waals surface area (Å²) in [6, 6.07) is 19.3. The van der Waals surface area contributed by atoms with Crippen LogP contribution in [0.5, 0.6) is 0 Å². The number of carbonyl (C=O) groups excluding carboxylic acids is 2. The monoisotopic (exact) mass is 345 g/mol. The van der Waals surface area contributed by atoms with Gasteiger partial charge in [-0.15, -0.1) is 0 Å². The van der Waals surface area contributed by atoms with Crippen LogP contribution in [0.1, 0.15) is 16.7 Å². The molecule has 2 amide bonds. The number of rotatable bonds is 4. The molecule has 2 aliphatic rings. The lowest BCUT2D eigenvalue weighted by molar-refractivity contribution is -0.141. The topological polar surface area (TPSA) is 64.4 Å². The summed E-state index contributed by atoms with van der Waals surface area (Å²) in [7, 11) is 0. The Hall–Kier alpha value is -2.97. The van der Waals surface area contributed by atoms with Gasteiger partial charge in [-0.25, -0.2) is 0 Å². The predicted molar refractivity (Wildman–Crippen MR) is 95.4 cm³/mol. The average molecular weight is 345 g/mol. The summed E-state index contributed by atoms with van der Waals surface area (Å²) in [6.07, 6.45) is 0. The highest BCUT2D eigenvalue weighted by Gasteiger charge is 2.52. The Morgan fingerprint density at radius 1 is 0.885 bits per heavy atom. The summed E-state index contributed by atoms with van der Waals surface area (Å²) >= 11 is 0. The zero-order valence-corrected chi connectivity index (χ0v) is 14.3. The molecule has 2 aromatic rings. The molecule has 2 atom stereocenters. The van der Waals surface area contributed by atoms with Crippen molar-refractivity contribution < 1.29 is 9.59 Å². The van der Waals surface area contributed by atoms with Crippen molar-refractivity contribution in [1.29, 1.82) is 5.26 Å². The van der Waals surface area contributed by atoms with Gasteiger partial charge in [0.05, 0.1) is 30.0 Å². The van der Waals surface area contributed by atoms with E-state index in [2.05, 4.69) is 23.1 Å². The maximum atomic E-state index is 12.8. The highest BCUT2D eigenvalue weighted by Crippen LogP contribution is 2.35. The number of hydrogen-bond donors (Lipinski definition) is 0. The van der Waals surface area contributed by atoms with E-state index in [0.29, 0.717) is 18.7 Å². The molecule has 0 unspecified atom stereocenters. The Labute approximate surface area is 152 Å². The second-order valence-electron chi connectivity index (χ2n) is 6.97. The second-order valence-corrected chi connectivity index (χ2v) is 6.97. The summed E-state index contributed by atoms with van der Waals surface area (Å²) < 4.78 is 0. The third-order valence-electron chi connectivity index (χ3n) is 5.21. The number of amides is 2. The maximum Gasteiger partial charge on any atom is 0.234 e. The molecule has 2 aliphatic heterocycles. The van der Waals surface area contributed by atoms with Crippen molar-refractivity contribution in [2.75, 3.05) is 13.1 Å². The average Bonchev–Trinajstić information content (AvgIpc) is 3.17. The Morgan fingerprint density at radius 3 is 2.19 bits per heavy atom. The molecule has 0 N–H and O–H groups in total. The van der Waals surface area contributed by atoms with Crippen molar-refractivity contribution >= 4 is 11.8 Å². The van der Waals surface area contributed by atoms with Gasteiger partial charge in [0.1, 0.15) is 0 Å². The molecular weight excluding hydrogens is 326 g/mol. The molecule has 5 nitrogen and oxygen atoms in total. The lowest BCUT2D eigenvalue weighted by Crippen LogP contribution is -2.35. The quantitative estimate of drug-likeness (QED) is 0.797. The van der Waals surface area contributed by atoms with E-state index >= 15 is 0 Å². The molecule has 0 saturated carbocycles. The summed E-state index contributed by atoms with van der Waals surface area (Å²) in [5.74, 6) is -0.661. The first-order valence-corrected chi connectivity index (χ1v) is 8.76. The van der Waals surface area contributed by atoms with Gasteiger partial charge in [0, 0.05) is 19.6 Å². The van der Waals surface area contributed by atoms with E-state index in [1.54, 1.807) is 18.2 Å². The molecule has 0 aliphatic carbocycles. The molecule has 2 aromatic carbocycles. The molecule has 26 heavy (non-hydrogen) atoms. The number of likely N-dealkylation sites (tertiary alicyclic amines) is 2. The standard InChI is InChI=1S/C21H19N3O2/c22-10-16-7-4-8-17(9-16)12-24-20(25)18-13-23(14-19(18)21(24)26)11-15-5-2-1-3-6-15/h1-9,18-19H,11-14H2/t18-,19+. The molecule has 0 bridgehead atoms. The SMILES string of the molecule is N#Cc1cccc(CN2C(=O)[C@H]3CN(Cc4ccccc4)C[C@H]3C2=O)c1. The molecule has 2 fully saturated rings. The van der Waals surface area contributed by atoms with Gasteiger partial charge in [-0.05, 0) is 23.3 Å². The normalized spacial score (nSPS) is 22.5. The third kappa shape index (κ3) is 3.00. The van der Waals surface area contributed by atoms with Crippen LogP contribution in [0.3, 0.4) is 0 Å². The van der Waals surface area contributed by atoms with Crippen LogP contribution >= 0.6 is 0 Å². The van der Waals surface area contributed by atoms with Crippen LogP contribution in [-0.4, -0.2) is 34.7 Å². The van der Waals surface area contributed by atoms with Crippen molar-refractivity contribution in [1.82, 2.24) is 9.80 Å². The van der Waals surface area contributed by atoms with Crippen molar-refractivity contribution in [3.63, 3.8) is 0 Å². The molecular formula is C21H19N3O2. The van der Waals surface area contributed by atoms with E-state index in [-0.39, 0.29) is 30.2 Å². The number of nitriles is 1. The van der Waals surface area contributed by atoms with Crippen LogP contribution in [0, 0.1) is 23.2 Å². The Morgan fingerprint density at radius 2 is 1.54 bits per heavy atom. The Bertz CT molecular complexity index is 864. The minimum absolute atomic E-state index is 0.0853. The molecule has 4 rings (SSSR count). The van der Waals surface area contributed by atoms with Crippen LogP contribution in [0.2, 0.25) is 0 Å². The van der Waals surface area contributed by atoms with Crippen LogP contribution in [0.15, 0.2) is 54.6 Å². The van der Waals surface area contributed by atoms with Gasteiger partial charge in [0.25, 0.3) is 0 Å². The van der Waals surface area contributed by atoms with Gasteiger partial charge >= 0.3 is 0 Å². The van der Waals surface area contributed by atoms with E-state index < -0.39 is 0 Å². The van der Waals surface area contributed by atoms with E-state index in [1.165, 1.54) is 10.5 Å². The van der Waals surface area contributed by atoms with Crippen LogP contribution < -0.4 is 0 Å². The summed E-state index contributed by atoms with van der Waals surface area (Å²) in [5.41, 5.74) is 2.54. The van der Waals surface area contributed by atoms with E-state index in [1.807, 2.05) is 24.3 Å². The largest absolute Gasteiger partial charge is 0.297 e. The first-order valence-electron chi connectivity index (χ1n) is 8.76. The van der Waals surface area contributed by atoms with Crippen LogP contribution in [-0.2, 0) is 22.7 Å². The smallest absolute Gasteiger partial charge is 0.234 e.